The molecule has 2 heteroatoms. The van der Waals surface area contributed by atoms with E-state index in [0.717, 1.165) is 28.3 Å². The van der Waals surface area contributed by atoms with E-state index in [9.17, 15) is 5.11 Å². The highest BCUT2D eigenvalue weighted by Crippen LogP contribution is 2.27. The lowest BCUT2D eigenvalue weighted by Gasteiger charge is -2.08. The maximum Gasteiger partial charge on any atom is 0.119 e. The second kappa shape index (κ2) is 8.50. The minimum absolute atomic E-state index is 0.342. The van der Waals surface area contributed by atoms with E-state index in [4.69, 9.17) is 0 Å². The SMILES string of the molecule is Oc1cc2ccc(C#CCc3ccc(I)cc3)cc2cc1Cc1ccccc1. The number of aromatic hydroxyl groups is 1. The van der Waals surface area contributed by atoms with Crippen molar-refractivity contribution >= 4 is 33.4 Å². The summed E-state index contributed by atoms with van der Waals surface area (Å²) in [6.07, 6.45) is 1.45. The standard InChI is InChI=1S/C26H19IO/c27-25-13-10-19(11-14-25)7-4-8-21-9-12-22-18-26(28)24(17-23(22)15-21)16-20-5-2-1-3-6-20/h1-3,5-6,9-15,17-18,28H,7,16H2. The molecular formula is C26H19IO. The van der Waals surface area contributed by atoms with Crippen molar-refractivity contribution in [3.8, 4) is 17.6 Å². The van der Waals surface area contributed by atoms with Crippen LogP contribution in [0.25, 0.3) is 10.8 Å². The first-order chi connectivity index (χ1) is 13.7. The van der Waals surface area contributed by atoms with Crippen molar-refractivity contribution in [3.63, 3.8) is 0 Å². The van der Waals surface area contributed by atoms with E-state index < -0.39 is 0 Å². The van der Waals surface area contributed by atoms with Gasteiger partial charge in [0.05, 0.1) is 0 Å². The molecule has 136 valence electrons. The molecule has 0 aliphatic rings. The summed E-state index contributed by atoms with van der Waals surface area (Å²) in [5.74, 6) is 6.88. The highest BCUT2D eigenvalue weighted by Gasteiger charge is 2.06. The Labute approximate surface area is 179 Å². The predicted octanol–water partition coefficient (Wildman–Crippen LogP) is 6.34. The van der Waals surface area contributed by atoms with Crippen LogP contribution in [0.3, 0.4) is 0 Å². The van der Waals surface area contributed by atoms with Gasteiger partial charge in [-0.05, 0) is 86.5 Å². The quantitative estimate of drug-likeness (QED) is 0.272. The van der Waals surface area contributed by atoms with Crippen molar-refractivity contribution in [2.24, 2.45) is 0 Å². The summed E-state index contributed by atoms with van der Waals surface area (Å²) in [6, 6.07) is 28.7. The first-order valence-electron chi connectivity index (χ1n) is 9.20. The molecule has 0 aliphatic carbocycles. The van der Waals surface area contributed by atoms with Gasteiger partial charge in [0.15, 0.2) is 0 Å². The van der Waals surface area contributed by atoms with Crippen LogP contribution in [-0.4, -0.2) is 5.11 Å². The summed E-state index contributed by atoms with van der Waals surface area (Å²) in [5, 5.41) is 12.5. The topological polar surface area (TPSA) is 20.2 Å². The molecule has 0 amide bonds. The van der Waals surface area contributed by atoms with Crippen LogP contribution in [0, 0.1) is 15.4 Å². The summed E-state index contributed by atoms with van der Waals surface area (Å²) in [6.45, 7) is 0. The van der Waals surface area contributed by atoms with E-state index in [2.05, 4.69) is 83.0 Å². The molecule has 0 radical (unpaired) electrons. The van der Waals surface area contributed by atoms with Gasteiger partial charge in [-0.15, -0.1) is 0 Å². The van der Waals surface area contributed by atoms with E-state index in [1.807, 2.05) is 36.4 Å². The Kier molecular flexibility index (Phi) is 5.64. The third-order valence-corrected chi connectivity index (χ3v) is 5.43. The summed E-state index contributed by atoms with van der Waals surface area (Å²) in [5.41, 5.74) is 4.34. The molecule has 4 aromatic rings. The van der Waals surface area contributed by atoms with E-state index in [1.54, 1.807) is 0 Å². The summed E-state index contributed by atoms with van der Waals surface area (Å²) in [7, 11) is 0. The average Bonchev–Trinajstić information content (AvgIpc) is 2.71. The van der Waals surface area contributed by atoms with Crippen molar-refractivity contribution in [1.82, 2.24) is 0 Å². The van der Waals surface area contributed by atoms with Crippen molar-refractivity contribution in [2.75, 3.05) is 0 Å². The molecule has 0 saturated heterocycles. The highest BCUT2D eigenvalue weighted by molar-refractivity contribution is 14.1. The number of fused-ring (bicyclic) bond motifs is 1. The van der Waals surface area contributed by atoms with Crippen LogP contribution in [0.1, 0.15) is 22.3 Å². The Balaban J connectivity index is 1.58. The van der Waals surface area contributed by atoms with Gasteiger partial charge in [0.25, 0.3) is 0 Å². The smallest absolute Gasteiger partial charge is 0.119 e. The Hall–Kier alpha value is -2.77. The number of hydrogen-bond acceptors (Lipinski definition) is 1. The van der Waals surface area contributed by atoms with Crippen LogP contribution in [-0.2, 0) is 12.8 Å². The van der Waals surface area contributed by atoms with E-state index in [1.165, 1.54) is 14.7 Å². The number of halogens is 1. The molecule has 0 bridgehead atoms. The van der Waals surface area contributed by atoms with E-state index >= 15 is 0 Å². The Morgan fingerprint density at radius 2 is 1.54 bits per heavy atom. The monoisotopic (exact) mass is 474 g/mol. The predicted molar refractivity (Wildman–Crippen MR) is 125 cm³/mol. The summed E-state index contributed by atoms with van der Waals surface area (Å²) >= 11 is 2.31. The lowest BCUT2D eigenvalue weighted by molar-refractivity contribution is 0.470. The van der Waals surface area contributed by atoms with Crippen LogP contribution in [0.4, 0.5) is 0 Å². The number of phenolic OH excluding ortho intramolecular Hbond substituents is 1. The Morgan fingerprint density at radius 1 is 0.750 bits per heavy atom. The van der Waals surface area contributed by atoms with Gasteiger partial charge in [-0.1, -0.05) is 60.4 Å². The normalized spacial score (nSPS) is 10.5. The summed E-state index contributed by atoms with van der Waals surface area (Å²) in [4.78, 5) is 0. The van der Waals surface area contributed by atoms with Crippen LogP contribution in [0.15, 0.2) is 84.9 Å². The second-order valence-corrected chi connectivity index (χ2v) is 8.06. The zero-order chi connectivity index (χ0) is 19.3. The van der Waals surface area contributed by atoms with Gasteiger partial charge in [-0.3, -0.25) is 0 Å². The minimum atomic E-state index is 0.342. The van der Waals surface area contributed by atoms with Gasteiger partial charge in [0.1, 0.15) is 5.75 Å². The third-order valence-electron chi connectivity index (χ3n) is 4.71. The largest absolute Gasteiger partial charge is 0.508 e. The molecule has 0 aliphatic heterocycles. The van der Waals surface area contributed by atoms with Crippen molar-refractivity contribution in [1.29, 1.82) is 0 Å². The average molecular weight is 474 g/mol. The minimum Gasteiger partial charge on any atom is -0.508 e. The molecule has 4 rings (SSSR count). The number of hydrogen-bond donors (Lipinski definition) is 1. The molecule has 0 atom stereocenters. The molecule has 28 heavy (non-hydrogen) atoms. The fourth-order valence-corrected chi connectivity index (χ4v) is 3.58. The molecule has 4 aromatic carbocycles. The van der Waals surface area contributed by atoms with Gasteiger partial charge < -0.3 is 5.11 Å². The second-order valence-electron chi connectivity index (χ2n) is 6.81. The first kappa shape index (κ1) is 18.6. The van der Waals surface area contributed by atoms with Crippen molar-refractivity contribution in [2.45, 2.75) is 12.8 Å². The molecule has 1 N–H and O–H groups in total. The van der Waals surface area contributed by atoms with Gasteiger partial charge in [-0.2, -0.15) is 0 Å². The molecule has 0 saturated carbocycles. The molecule has 0 heterocycles. The van der Waals surface area contributed by atoms with Gasteiger partial charge in [0.2, 0.25) is 0 Å². The zero-order valence-electron chi connectivity index (χ0n) is 15.3. The molecule has 1 nitrogen and oxygen atoms in total. The van der Waals surface area contributed by atoms with Crippen LogP contribution in [0.5, 0.6) is 5.75 Å². The van der Waals surface area contributed by atoms with Gasteiger partial charge in [-0.25, -0.2) is 0 Å². The van der Waals surface area contributed by atoms with E-state index in [0.29, 0.717) is 12.2 Å². The van der Waals surface area contributed by atoms with Crippen molar-refractivity contribution < 1.29 is 5.11 Å². The maximum absolute atomic E-state index is 10.4. The molecular weight excluding hydrogens is 455 g/mol. The van der Waals surface area contributed by atoms with Crippen LogP contribution in [0.2, 0.25) is 0 Å². The lowest BCUT2D eigenvalue weighted by Crippen LogP contribution is -1.89. The number of phenols is 1. The Morgan fingerprint density at radius 3 is 2.32 bits per heavy atom. The zero-order valence-corrected chi connectivity index (χ0v) is 17.5. The van der Waals surface area contributed by atoms with Gasteiger partial charge in [0, 0.05) is 22.0 Å². The molecule has 0 spiro atoms. The third kappa shape index (κ3) is 4.55. The lowest BCUT2D eigenvalue weighted by atomic mass is 9.99. The fraction of sp³-hybridized carbons (Fsp3) is 0.0769. The number of benzene rings is 4. The maximum atomic E-state index is 10.4. The van der Waals surface area contributed by atoms with Crippen LogP contribution >= 0.6 is 22.6 Å². The molecule has 0 fully saturated rings. The van der Waals surface area contributed by atoms with Gasteiger partial charge >= 0.3 is 0 Å². The Bertz CT molecular complexity index is 1170. The number of rotatable bonds is 3. The summed E-state index contributed by atoms with van der Waals surface area (Å²) < 4.78 is 1.23. The molecule has 0 unspecified atom stereocenters. The fourth-order valence-electron chi connectivity index (χ4n) is 3.22. The highest BCUT2D eigenvalue weighted by atomic mass is 127. The molecule has 0 aromatic heterocycles. The van der Waals surface area contributed by atoms with E-state index in [-0.39, 0.29) is 0 Å². The van der Waals surface area contributed by atoms with Crippen molar-refractivity contribution in [3.05, 3.63) is 111 Å². The van der Waals surface area contributed by atoms with Crippen LogP contribution < -0.4 is 0 Å². The first-order valence-corrected chi connectivity index (χ1v) is 10.3.